The molecule has 3 unspecified atom stereocenters. The molecule has 10 atom stereocenters. The third-order valence-electron chi connectivity index (χ3n) is 22.7. The number of nitrogens with zero attached hydrogens (tertiary/aromatic N) is 9. The van der Waals surface area contributed by atoms with E-state index in [2.05, 4.69) is 16.0 Å². The van der Waals surface area contributed by atoms with Gasteiger partial charge in [-0.25, -0.2) is 0 Å². The van der Waals surface area contributed by atoms with Gasteiger partial charge in [0.2, 0.25) is 70.9 Å². The Balaban J connectivity index is 1.18. The zero-order valence-corrected chi connectivity index (χ0v) is 61.4. The third kappa shape index (κ3) is 19.6. The van der Waals surface area contributed by atoms with Crippen LogP contribution in [0.15, 0.2) is 18.2 Å². The van der Waals surface area contributed by atoms with E-state index in [4.69, 9.17) is 16.3 Å². The molecule has 12 amide bonds. The highest BCUT2D eigenvalue weighted by Crippen LogP contribution is 2.40. The second kappa shape index (κ2) is 34.7. The van der Waals surface area contributed by atoms with Gasteiger partial charge in [-0.2, -0.15) is 26.3 Å². The number of rotatable bonds is 10. The molecule has 0 radical (unpaired) electrons. The van der Waals surface area contributed by atoms with Crippen molar-refractivity contribution in [3.05, 3.63) is 34.3 Å². The molecule has 103 heavy (non-hydrogen) atoms. The van der Waals surface area contributed by atoms with Crippen molar-refractivity contribution in [1.29, 1.82) is 0 Å². The normalized spacial score (nSPS) is 28.4. The van der Waals surface area contributed by atoms with Gasteiger partial charge >= 0.3 is 12.4 Å². The lowest BCUT2D eigenvalue weighted by molar-refractivity contribution is -0.164. The Bertz CT molecular complexity index is 3280. The predicted molar refractivity (Wildman–Crippen MR) is 364 cm³/mol. The molecule has 7 aliphatic rings. The van der Waals surface area contributed by atoms with Gasteiger partial charge in [-0.05, 0) is 106 Å². The van der Waals surface area contributed by atoms with Crippen LogP contribution < -0.4 is 16.0 Å². The first-order chi connectivity index (χ1) is 48.5. The first kappa shape index (κ1) is 81.4. The highest BCUT2D eigenvalue weighted by Gasteiger charge is 2.53. The van der Waals surface area contributed by atoms with Crippen LogP contribution in [0.25, 0.3) is 0 Å². The van der Waals surface area contributed by atoms with Crippen LogP contribution in [0, 0.1) is 17.8 Å². The van der Waals surface area contributed by atoms with Crippen LogP contribution in [0.3, 0.4) is 0 Å². The number of hydrogen-bond donors (Lipinski definition) is 3. The van der Waals surface area contributed by atoms with Crippen molar-refractivity contribution in [2.75, 3.05) is 88.7 Å². The maximum atomic E-state index is 15.9. The van der Waals surface area contributed by atoms with Crippen molar-refractivity contribution >= 4 is 82.5 Å². The maximum Gasteiger partial charge on any atom is 0.417 e. The standard InChI is InChI=1S/C71H103ClF6N12O13/c1-10-42(2)59-66(100)84(5)38-57(93)82(3)39-58(94)85(6)52(34-43-19-14-15-20-43)64(98)83(4)37-55(91)79-50(29-25-44-24-28-48(49(72)33-44)71(76,77)78)63(97)89-32-18-23-51(89)62(96)81-69(30-16-17-31-69)68(102)88(9)60(45-21-12-11-13-22-45)67(101)87(8)53(65(99)90-46-26-27-47(90)41-103-40-46)35-56(92)86(7)54(61(95)80-59)36-70(73,74)75/h24,28,33,42-43,45-47,50-54,59-60H,10-23,25-27,29-32,34-41H2,1-9H3,(H,79,91)(H,80,95)(H,81,96)/t42-,46?,47?,50-,51?,52-,53-,54-,59-,60-/m0/s1. The molecule has 3 saturated carbocycles. The number of hydrogen-bond acceptors (Lipinski definition) is 13. The quantitative estimate of drug-likeness (QED) is 0.251. The molecule has 4 saturated heterocycles. The molecule has 3 aliphatic carbocycles. The van der Waals surface area contributed by atoms with E-state index in [9.17, 15) is 59.9 Å². The summed E-state index contributed by atoms with van der Waals surface area (Å²) in [5.41, 5.74) is -2.51. The Hall–Kier alpha value is -7.31. The lowest BCUT2D eigenvalue weighted by atomic mass is 9.81. The second-order valence-corrected chi connectivity index (χ2v) is 30.2. The lowest BCUT2D eigenvalue weighted by Crippen LogP contribution is -2.65. The number of morpholine rings is 1. The highest BCUT2D eigenvalue weighted by molar-refractivity contribution is 6.31. The zero-order chi connectivity index (χ0) is 75.7. The first-order valence-electron chi connectivity index (χ1n) is 36.3. The van der Waals surface area contributed by atoms with Crippen molar-refractivity contribution in [3.63, 3.8) is 0 Å². The molecular weight excluding hydrogens is 1380 g/mol. The van der Waals surface area contributed by atoms with E-state index >= 15 is 24.0 Å². The topological polar surface area (TPSA) is 279 Å². The number of nitrogens with one attached hydrogen (secondary N) is 3. The molecule has 3 N–H and O–H groups in total. The minimum Gasteiger partial charge on any atom is -0.377 e. The monoisotopic (exact) mass is 1480 g/mol. The number of halogens is 7. The summed E-state index contributed by atoms with van der Waals surface area (Å²) in [6, 6.07) is -8.88. The SMILES string of the molecule is CC[C@H](C)[C@@H]1NC(=O)[C@H](CC(F)(F)F)N(C)C(=O)C[C@@H](C(=O)N2C3CCC2COC3)N(C)C(=O)[C@H](C2CCCCC2)N(C)C(=O)C2(CCCC2)NC(=O)C2CCCN2C(=O)[C@H](CCc2ccc(C(F)(F)F)c(Cl)c2)NC(=O)CN(C)C(=O)[C@H](CC2CCCC2)N(C)C(=O)CN(C)C(=O)CN(C)C1=O. The van der Waals surface area contributed by atoms with E-state index in [1.165, 1.54) is 63.1 Å². The molecule has 1 aromatic rings. The molecule has 7 fully saturated rings. The molecule has 0 aromatic heterocycles. The van der Waals surface area contributed by atoms with Crippen molar-refractivity contribution in [2.24, 2.45) is 17.8 Å². The van der Waals surface area contributed by atoms with Crippen molar-refractivity contribution in [1.82, 2.24) is 60.0 Å². The zero-order valence-electron chi connectivity index (χ0n) is 60.6. The van der Waals surface area contributed by atoms with Crippen LogP contribution in [0.5, 0.6) is 0 Å². The molecule has 4 aliphatic heterocycles. The van der Waals surface area contributed by atoms with Crippen molar-refractivity contribution < 1.29 is 88.6 Å². The van der Waals surface area contributed by atoms with Crippen LogP contribution in [0.1, 0.15) is 166 Å². The summed E-state index contributed by atoms with van der Waals surface area (Å²) in [6.07, 6.45) is -4.30. The molecule has 1 spiro atoms. The first-order valence-corrected chi connectivity index (χ1v) is 36.7. The fraction of sp³-hybridized carbons (Fsp3) is 0.746. The van der Waals surface area contributed by atoms with Gasteiger partial charge in [0.1, 0.15) is 47.8 Å². The van der Waals surface area contributed by atoms with Gasteiger partial charge in [0.05, 0.1) is 68.4 Å². The number of carbonyl (C=O) groups is 12. The van der Waals surface area contributed by atoms with Crippen LogP contribution in [-0.4, -0.2) is 270 Å². The second-order valence-electron chi connectivity index (χ2n) is 29.8. The molecule has 574 valence electrons. The minimum absolute atomic E-state index is 0.0168. The van der Waals surface area contributed by atoms with E-state index in [0.29, 0.717) is 56.3 Å². The maximum absolute atomic E-state index is 15.9. The van der Waals surface area contributed by atoms with E-state index in [1.807, 2.05) is 0 Å². The van der Waals surface area contributed by atoms with Crippen LogP contribution in [0.2, 0.25) is 5.02 Å². The van der Waals surface area contributed by atoms with E-state index < -0.39 is 198 Å². The van der Waals surface area contributed by atoms with Crippen LogP contribution in [0.4, 0.5) is 26.3 Å². The minimum atomic E-state index is -5.11. The lowest BCUT2D eigenvalue weighted by Gasteiger charge is -2.44. The number of likely N-dealkylation sites (N-methyl/N-ethyl adjacent to an activating group) is 7. The fourth-order valence-electron chi connectivity index (χ4n) is 16.2. The van der Waals surface area contributed by atoms with Gasteiger partial charge in [-0.15, -0.1) is 0 Å². The molecular formula is C71H103ClF6N12O13. The van der Waals surface area contributed by atoms with Crippen LogP contribution >= 0.6 is 11.6 Å². The Kier molecular flexibility index (Phi) is 27.4. The summed E-state index contributed by atoms with van der Waals surface area (Å²) in [4.78, 5) is 189. The Morgan fingerprint density at radius 3 is 1.84 bits per heavy atom. The van der Waals surface area contributed by atoms with E-state index in [-0.39, 0.29) is 82.6 Å². The number of amides is 12. The number of alkyl halides is 6. The number of aryl methyl sites for hydroxylation is 1. The molecule has 25 nitrogen and oxygen atoms in total. The van der Waals surface area contributed by atoms with Gasteiger partial charge in [-0.3, -0.25) is 57.5 Å². The van der Waals surface area contributed by atoms with Gasteiger partial charge in [0.25, 0.3) is 0 Å². The molecule has 2 bridgehead atoms. The Labute approximate surface area is 603 Å². The van der Waals surface area contributed by atoms with Gasteiger partial charge in [0, 0.05) is 55.9 Å². The Morgan fingerprint density at radius 2 is 1.24 bits per heavy atom. The average molecular weight is 1480 g/mol. The molecule has 4 heterocycles. The van der Waals surface area contributed by atoms with E-state index in [1.54, 1.807) is 13.8 Å². The molecule has 1 aromatic carbocycles. The summed E-state index contributed by atoms with van der Waals surface area (Å²) >= 11 is 6.14. The summed E-state index contributed by atoms with van der Waals surface area (Å²) in [6.45, 7) is 1.38. The molecule has 32 heteroatoms. The van der Waals surface area contributed by atoms with E-state index in [0.717, 1.165) is 75.8 Å². The summed E-state index contributed by atoms with van der Waals surface area (Å²) < 4.78 is 92.0. The van der Waals surface area contributed by atoms with Gasteiger partial charge < -0.3 is 64.8 Å². The van der Waals surface area contributed by atoms with Gasteiger partial charge in [-0.1, -0.05) is 95.7 Å². The summed E-state index contributed by atoms with van der Waals surface area (Å²) in [5.74, 6) is -11.6. The van der Waals surface area contributed by atoms with Crippen LogP contribution in [-0.2, 0) is 74.9 Å². The third-order valence-corrected chi connectivity index (χ3v) is 23.0. The van der Waals surface area contributed by atoms with Gasteiger partial charge in [0.15, 0.2) is 0 Å². The smallest absolute Gasteiger partial charge is 0.377 e. The summed E-state index contributed by atoms with van der Waals surface area (Å²) in [5, 5.41) is 7.56. The highest BCUT2D eigenvalue weighted by atomic mass is 35.5. The largest absolute Gasteiger partial charge is 0.417 e. The Morgan fingerprint density at radius 1 is 0.641 bits per heavy atom. The van der Waals surface area contributed by atoms with Crippen molar-refractivity contribution in [3.8, 4) is 0 Å². The number of fused-ring (bicyclic) bond motifs is 3. The fourth-order valence-corrected chi connectivity index (χ4v) is 16.6. The summed E-state index contributed by atoms with van der Waals surface area (Å²) in [7, 11) is 8.81. The number of ether oxygens (including phenoxy) is 1. The predicted octanol–water partition coefficient (Wildman–Crippen LogP) is 5.32. The number of carbonyl (C=O) groups excluding carboxylic acids is 12. The van der Waals surface area contributed by atoms with Crippen molar-refractivity contribution in [2.45, 2.75) is 234 Å². The molecule has 8 rings (SSSR count). The number of benzene rings is 1. The average Bonchev–Trinajstić information content (AvgIpc) is 1.72.